The predicted molar refractivity (Wildman–Crippen MR) is 215 cm³/mol. The van der Waals surface area contributed by atoms with Crippen molar-refractivity contribution in [1.82, 2.24) is 9.88 Å². The maximum absolute atomic E-state index is 5.33. The molecule has 0 aliphatic heterocycles. The molecule has 4 atom stereocenters. The standard InChI is InChI=1S/C19H21NS2.C15H23NS2.I2/c1-4-13(2)15-9-11-16(12-10-15)14(3)21-19-20-17-7-5-6-8-18(17)22-19;1-6-11(2)13-7-9-14(10-8-13)12(3)18-15(17)16(4)5;1-2/h5-14H,4H2,1-3H3;7-12H,6H2,1-5H3;. The van der Waals surface area contributed by atoms with Crippen LogP contribution in [0, 0.1) is 0 Å². The molecule has 0 aliphatic rings. The van der Waals surface area contributed by atoms with Gasteiger partial charge in [-0.15, -0.1) is 11.3 Å². The average Bonchev–Trinajstić information content (AvgIpc) is 3.44. The van der Waals surface area contributed by atoms with Gasteiger partial charge in [0, 0.05) is 61.8 Å². The van der Waals surface area contributed by atoms with Crippen LogP contribution >= 0.6 is 84.3 Å². The molecule has 1 aromatic heterocycles. The summed E-state index contributed by atoms with van der Waals surface area (Å²) < 4.78 is 3.36. The second kappa shape index (κ2) is 19.9. The Bertz CT molecular complexity index is 1310. The van der Waals surface area contributed by atoms with Crippen LogP contribution in [0.15, 0.2) is 77.1 Å². The summed E-state index contributed by atoms with van der Waals surface area (Å²) in [5.74, 6) is 1.28. The van der Waals surface area contributed by atoms with Crippen LogP contribution < -0.4 is 0 Å². The van der Waals surface area contributed by atoms with Crippen LogP contribution in [0.2, 0.25) is 0 Å². The molecule has 228 valence electrons. The molecule has 8 heteroatoms. The van der Waals surface area contributed by atoms with Crippen LogP contribution in [0.1, 0.15) is 99.0 Å². The number of thioether (sulfide) groups is 2. The summed E-state index contributed by atoms with van der Waals surface area (Å²) in [6.45, 7) is 13.5. The number of thiocarbonyl (C=S) groups is 1. The van der Waals surface area contributed by atoms with Gasteiger partial charge in [0.1, 0.15) is 4.32 Å². The molecule has 42 heavy (non-hydrogen) atoms. The Balaban J connectivity index is 0.000000283. The van der Waals surface area contributed by atoms with Crippen molar-refractivity contribution >= 4 is 98.8 Å². The zero-order valence-corrected chi connectivity index (χ0v) is 33.5. The Hall–Kier alpha value is -0.400. The summed E-state index contributed by atoms with van der Waals surface area (Å²) >= 11 is 14.9. The molecule has 0 bridgehead atoms. The van der Waals surface area contributed by atoms with Crippen LogP contribution in [0.4, 0.5) is 0 Å². The van der Waals surface area contributed by atoms with E-state index in [0.29, 0.717) is 22.3 Å². The molecular weight excluding hydrogens is 818 g/mol. The summed E-state index contributed by atoms with van der Waals surface area (Å²) in [4.78, 5) is 6.71. The number of thiazole rings is 1. The molecule has 0 saturated carbocycles. The summed E-state index contributed by atoms with van der Waals surface area (Å²) in [7, 11) is 3.99. The van der Waals surface area contributed by atoms with Gasteiger partial charge in [0.05, 0.1) is 10.2 Å². The molecule has 4 rings (SSSR count). The number of rotatable bonds is 9. The van der Waals surface area contributed by atoms with E-state index in [0.717, 1.165) is 14.2 Å². The van der Waals surface area contributed by atoms with E-state index in [4.69, 9.17) is 17.2 Å². The molecule has 0 saturated heterocycles. The van der Waals surface area contributed by atoms with Crippen LogP contribution in [0.25, 0.3) is 10.2 Å². The number of hydrogen-bond acceptors (Lipinski definition) is 5. The zero-order chi connectivity index (χ0) is 31.2. The van der Waals surface area contributed by atoms with Crippen LogP contribution in [-0.2, 0) is 0 Å². The molecular formula is C34H44I2N2S4. The van der Waals surface area contributed by atoms with E-state index in [1.165, 1.54) is 39.8 Å². The highest BCUT2D eigenvalue weighted by Crippen LogP contribution is 2.39. The van der Waals surface area contributed by atoms with E-state index in [2.05, 4.69) is 146 Å². The van der Waals surface area contributed by atoms with Gasteiger partial charge < -0.3 is 4.90 Å². The van der Waals surface area contributed by atoms with Crippen molar-refractivity contribution in [2.75, 3.05) is 14.1 Å². The van der Waals surface area contributed by atoms with Gasteiger partial charge in [-0.3, -0.25) is 0 Å². The van der Waals surface area contributed by atoms with Crippen LogP contribution in [0.3, 0.4) is 0 Å². The lowest BCUT2D eigenvalue weighted by molar-refractivity contribution is 0.647. The van der Waals surface area contributed by atoms with Gasteiger partial charge in [-0.2, -0.15) is 0 Å². The normalized spacial score (nSPS) is 13.6. The molecule has 2 nitrogen and oxygen atoms in total. The highest BCUT2D eigenvalue weighted by molar-refractivity contribution is 15.0. The quantitative estimate of drug-likeness (QED) is 0.0944. The first-order valence-corrected chi connectivity index (χ1v) is 23.6. The van der Waals surface area contributed by atoms with E-state index in [9.17, 15) is 0 Å². The minimum Gasteiger partial charge on any atom is -0.364 e. The molecule has 0 radical (unpaired) electrons. The van der Waals surface area contributed by atoms with Gasteiger partial charge in [-0.1, -0.05) is 124 Å². The lowest BCUT2D eigenvalue weighted by Gasteiger charge is -2.18. The monoisotopic (exact) mass is 862 g/mol. The first-order chi connectivity index (χ1) is 20.1. The molecule has 3 aromatic carbocycles. The van der Waals surface area contributed by atoms with Crippen molar-refractivity contribution in [3.8, 4) is 0 Å². The predicted octanol–water partition coefficient (Wildman–Crippen LogP) is 13.3. The van der Waals surface area contributed by atoms with Crippen molar-refractivity contribution in [2.45, 2.75) is 81.1 Å². The van der Waals surface area contributed by atoms with Gasteiger partial charge in [0.15, 0.2) is 4.34 Å². The number of nitrogens with zero attached hydrogens (tertiary/aromatic N) is 2. The fraction of sp³-hybridized carbons (Fsp3) is 0.412. The van der Waals surface area contributed by atoms with Crippen molar-refractivity contribution in [3.63, 3.8) is 0 Å². The van der Waals surface area contributed by atoms with Gasteiger partial charge in [-0.05, 0) is 72.9 Å². The molecule has 4 aromatic rings. The molecule has 1 heterocycles. The van der Waals surface area contributed by atoms with Gasteiger partial charge >= 0.3 is 0 Å². The minimum atomic E-state index is 0.408. The van der Waals surface area contributed by atoms with Gasteiger partial charge in [0.2, 0.25) is 0 Å². The lowest BCUT2D eigenvalue weighted by Crippen LogP contribution is -2.16. The lowest BCUT2D eigenvalue weighted by atomic mass is 9.97. The Morgan fingerprint density at radius 2 is 1.21 bits per heavy atom. The number of hydrogen-bond donors (Lipinski definition) is 0. The molecule has 4 unspecified atom stereocenters. The highest BCUT2D eigenvalue weighted by atomic mass is 128. The first-order valence-electron chi connectivity index (χ1n) is 14.4. The topological polar surface area (TPSA) is 16.1 Å². The average molecular weight is 863 g/mol. The van der Waals surface area contributed by atoms with E-state index >= 15 is 0 Å². The van der Waals surface area contributed by atoms with Gasteiger partial charge in [0.25, 0.3) is 0 Å². The van der Waals surface area contributed by atoms with Crippen molar-refractivity contribution < 1.29 is 0 Å². The maximum atomic E-state index is 5.33. The Labute approximate surface area is 295 Å². The van der Waals surface area contributed by atoms with Crippen LogP contribution in [0.5, 0.6) is 0 Å². The summed E-state index contributed by atoms with van der Waals surface area (Å²) in [5.41, 5.74) is 6.68. The van der Waals surface area contributed by atoms with Crippen molar-refractivity contribution in [3.05, 3.63) is 95.1 Å². The van der Waals surface area contributed by atoms with Crippen LogP contribution in [-0.4, -0.2) is 28.3 Å². The number of fused-ring (bicyclic) bond motifs is 1. The van der Waals surface area contributed by atoms with Gasteiger partial charge in [-0.25, -0.2) is 4.98 Å². The number of para-hydroxylation sites is 1. The zero-order valence-electron chi connectivity index (χ0n) is 25.9. The van der Waals surface area contributed by atoms with E-state index in [1.807, 2.05) is 36.8 Å². The van der Waals surface area contributed by atoms with E-state index in [-0.39, 0.29) is 0 Å². The number of aromatic nitrogens is 1. The van der Waals surface area contributed by atoms with Crippen molar-refractivity contribution in [2.24, 2.45) is 0 Å². The number of halogens is 2. The summed E-state index contributed by atoms with van der Waals surface area (Å²) in [6, 6.07) is 26.4. The third-order valence-electron chi connectivity index (χ3n) is 7.37. The summed E-state index contributed by atoms with van der Waals surface area (Å²) in [5, 5.41) is 0.831. The third kappa shape index (κ3) is 11.8. The largest absolute Gasteiger partial charge is 0.364 e. The third-order valence-corrected chi connectivity index (χ3v) is 11.5. The Kier molecular flexibility index (Phi) is 17.9. The second-order valence-electron chi connectivity index (χ2n) is 10.6. The SMILES string of the molecule is CCC(C)c1ccc(C(C)SC(=S)N(C)C)cc1.CCC(C)c1ccc(C(C)Sc2nc3ccccc3s2)cc1.II. The van der Waals surface area contributed by atoms with E-state index < -0.39 is 0 Å². The molecule has 0 spiro atoms. The Morgan fingerprint density at radius 1 is 0.762 bits per heavy atom. The Morgan fingerprint density at radius 3 is 1.67 bits per heavy atom. The van der Waals surface area contributed by atoms with Crippen molar-refractivity contribution in [1.29, 1.82) is 0 Å². The smallest absolute Gasteiger partial charge is 0.151 e. The minimum absolute atomic E-state index is 0.408. The molecule has 0 fully saturated rings. The number of benzene rings is 3. The molecule has 0 amide bonds. The maximum Gasteiger partial charge on any atom is 0.151 e. The second-order valence-corrected chi connectivity index (χ2v) is 15.2. The molecule has 0 aliphatic carbocycles. The molecule has 0 N–H and O–H groups in total. The summed E-state index contributed by atoms with van der Waals surface area (Å²) in [6.07, 6.45) is 2.38. The van der Waals surface area contributed by atoms with E-state index in [1.54, 1.807) is 23.1 Å². The fourth-order valence-corrected chi connectivity index (χ4v) is 7.69. The first kappa shape index (κ1) is 37.8. The highest BCUT2D eigenvalue weighted by Gasteiger charge is 2.13. The fourth-order valence-electron chi connectivity index (χ4n) is 4.11.